The molecule has 1 aromatic rings. The molecule has 0 saturated heterocycles. The summed E-state index contributed by atoms with van der Waals surface area (Å²) < 4.78 is 46.1. The fourth-order valence-electron chi connectivity index (χ4n) is 1.02. The summed E-state index contributed by atoms with van der Waals surface area (Å²) >= 11 is 0. The third-order valence-corrected chi connectivity index (χ3v) is 1.85. The normalized spacial score (nSPS) is 20.1. The molecule has 0 heterocycles. The zero-order chi connectivity index (χ0) is 15.4. The molecule has 0 N–H and O–H groups in total. The summed E-state index contributed by atoms with van der Waals surface area (Å²) in [7, 11) is 1.50. The summed E-state index contributed by atoms with van der Waals surface area (Å²) in [4.78, 5) is 1.33. The molecule has 14 heavy (non-hydrogen) atoms. The monoisotopic (exact) mass is 193 g/mol. The van der Waals surface area contributed by atoms with Gasteiger partial charge < -0.3 is 0 Å². The topological polar surface area (TPSA) is 3.24 Å². The van der Waals surface area contributed by atoms with Crippen molar-refractivity contribution >= 4 is 0 Å². The number of likely N-dealkylation sites (N-methyl/N-ethyl adjacent to an activating group) is 1. The number of hydrogen-bond donors (Lipinski definition) is 0. The summed E-state index contributed by atoms with van der Waals surface area (Å²) in [6.45, 7) is -2.48. The van der Waals surface area contributed by atoms with Crippen molar-refractivity contribution in [3.63, 3.8) is 0 Å². The first-order chi connectivity index (χ1) is 9.21. The fraction of sp³-hybridized carbons (Fsp3) is 0.385. The van der Waals surface area contributed by atoms with Crippen LogP contribution in [-0.4, -0.2) is 24.5 Å². The van der Waals surface area contributed by atoms with Gasteiger partial charge in [-0.3, -0.25) is 4.90 Å². The van der Waals surface area contributed by atoms with E-state index in [1.807, 2.05) is 6.40 Å². The maximum absolute atomic E-state index is 8.22. The Morgan fingerprint density at radius 3 is 3.07 bits per heavy atom. The largest absolute Gasteiger partial charge is 0.292 e. The Morgan fingerprint density at radius 1 is 1.64 bits per heavy atom. The maximum atomic E-state index is 8.22. The standard InChI is InChI=1S/C13H17N/c1-4-10-14(3)12(2)11-13-8-6-5-7-9-13/h1,5-9,12H,10-11H2,2-3H3/t12-/m1/s1/i1D,2D3,11D2. The lowest BCUT2D eigenvalue weighted by molar-refractivity contribution is 0.287. The Bertz CT molecular complexity index is 485. The van der Waals surface area contributed by atoms with Crippen molar-refractivity contribution in [3.8, 4) is 12.3 Å². The Kier molecular flexibility index (Phi) is 1.95. The average molecular weight is 193 g/mol. The highest BCUT2D eigenvalue weighted by Crippen LogP contribution is 2.06. The van der Waals surface area contributed by atoms with E-state index in [1.54, 1.807) is 30.3 Å². The maximum Gasteiger partial charge on any atom is 0.124 e. The number of terminal acetylenes is 1. The molecule has 0 spiro atoms. The van der Waals surface area contributed by atoms with Crippen molar-refractivity contribution in [2.75, 3.05) is 13.6 Å². The Balaban J connectivity index is 3.19. The van der Waals surface area contributed by atoms with Gasteiger partial charge in [0.1, 0.15) is 1.37 Å². The van der Waals surface area contributed by atoms with Gasteiger partial charge in [-0.15, -0.1) is 6.40 Å². The molecule has 1 aromatic carbocycles. The molecule has 0 radical (unpaired) electrons. The van der Waals surface area contributed by atoms with Crippen LogP contribution in [0, 0.1) is 12.3 Å². The second-order valence-corrected chi connectivity index (χ2v) is 3.00. The van der Waals surface area contributed by atoms with E-state index < -0.39 is 19.3 Å². The molecule has 1 nitrogen and oxygen atoms in total. The van der Waals surface area contributed by atoms with Gasteiger partial charge >= 0.3 is 0 Å². The van der Waals surface area contributed by atoms with Crippen LogP contribution in [-0.2, 0) is 6.37 Å². The first kappa shape index (κ1) is 5.00. The zero-order valence-corrected chi connectivity index (χ0v) is 8.12. The molecule has 0 aliphatic heterocycles. The van der Waals surface area contributed by atoms with Crippen LogP contribution in [0.4, 0.5) is 0 Å². The second kappa shape index (κ2) is 5.47. The predicted molar refractivity (Wildman–Crippen MR) is 61.1 cm³/mol. The lowest BCUT2D eigenvalue weighted by Gasteiger charge is -2.22. The van der Waals surface area contributed by atoms with Crippen molar-refractivity contribution in [1.29, 1.82) is 0 Å². The smallest absolute Gasteiger partial charge is 0.124 e. The summed E-state index contributed by atoms with van der Waals surface area (Å²) in [5.41, 5.74) is 0.312. The third kappa shape index (κ3) is 3.24. The van der Waals surface area contributed by atoms with Crippen molar-refractivity contribution in [3.05, 3.63) is 35.9 Å². The lowest BCUT2D eigenvalue weighted by Crippen LogP contribution is -2.31. The summed E-state index contributed by atoms with van der Waals surface area (Å²) in [5.74, 6) is 2.45. The van der Waals surface area contributed by atoms with E-state index in [0.717, 1.165) is 0 Å². The predicted octanol–water partition coefficient (Wildman–Crippen LogP) is 2.18. The molecule has 1 heteroatoms. The quantitative estimate of drug-likeness (QED) is 0.663. The fourth-order valence-corrected chi connectivity index (χ4v) is 1.02. The van der Waals surface area contributed by atoms with Crippen LogP contribution < -0.4 is 0 Å². The average Bonchev–Trinajstić information content (AvgIpc) is 2.35. The highest BCUT2D eigenvalue weighted by molar-refractivity contribution is 5.15. The first-order valence-corrected chi connectivity index (χ1v) is 4.36. The van der Waals surface area contributed by atoms with E-state index in [4.69, 9.17) is 8.22 Å². The Hall–Kier alpha value is -1.26. The summed E-state index contributed by atoms with van der Waals surface area (Å²) in [6, 6.07) is 6.91. The van der Waals surface area contributed by atoms with Crippen LogP contribution in [0.15, 0.2) is 30.3 Å². The number of benzene rings is 1. The van der Waals surface area contributed by atoms with Gasteiger partial charge in [-0.05, 0) is 25.8 Å². The molecule has 0 fully saturated rings. The molecule has 74 valence electrons. The van der Waals surface area contributed by atoms with Crippen molar-refractivity contribution in [2.24, 2.45) is 0 Å². The molecule has 1 atom stereocenters. The molecular weight excluding hydrogens is 170 g/mol. The molecule has 0 saturated carbocycles. The van der Waals surface area contributed by atoms with Gasteiger partial charge in [0, 0.05) is 12.9 Å². The van der Waals surface area contributed by atoms with Crippen LogP contribution in [0.25, 0.3) is 0 Å². The van der Waals surface area contributed by atoms with Gasteiger partial charge in [0.05, 0.1) is 6.54 Å². The van der Waals surface area contributed by atoms with Crippen LogP contribution in [0.5, 0.6) is 0 Å². The first-order valence-electron chi connectivity index (χ1n) is 7.36. The second-order valence-electron chi connectivity index (χ2n) is 3.00. The van der Waals surface area contributed by atoms with Gasteiger partial charge in [0.15, 0.2) is 0 Å². The summed E-state index contributed by atoms with van der Waals surface area (Å²) in [6.07, 6.45) is -0.102. The van der Waals surface area contributed by atoms with E-state index in [1.165, 1.54) is 11.9 Å². The van der Waals surface area contributed by atoms with Crippen molar-refractivity contribution in [2.45, 2.75) is 19.3 Å². The van der Waals surface area contributed by atoms with E-state index in [9.17, 15) is 0 Å². The molecule has 0 bridgehead atoms. The highest BCUT2D eigenvalue weighted by atomic mass is 15.1. The Labute approximate surface area is 95.2 Å². The van der Waals surface area contributed by atoms with E-state index in [0.29, 0.717) is 5.56 Å². The minimum atomic E-state index is -2.50. The summed E-state index contributed by atoms with van der Waals surface area (Å²) in [5, 5.41) is 0. The van der Waals surface area contributed by atoms with Crippen molar-refractivity contribution in [1.82, 2.24) is 4.90 Å². The molecule has 0 aromatic heterocycles. The Morgan fingerprint density at radius 2 is 2.43 bits per heavy atom. The van der Waals surface area contributed by atoms with E-state index >= 15 is 0 Å². The molecule has 0 aliphatic carbocycles. The zero-order valence-electron chi connectivity index (χ0n) is 14.1. The molecular formula is C13H17N. The minimum Gasteiger partial charge on any atom is -0.292 e. The minimum absolute atomic E-state index is 0.0267. The lowest BCUT2D eigenvalue weighted by atomic mass is 10.1. The van der Waals surface area contributed by atoms with Crippen molar-refractivity contribution < 1.29 is 8.22 Å². The van der Waals surface area contributed by atoms with Crippen LogP contribution in [0.2, 0.25) is 0 Å². The number of rotatable bonds is 4. The van der Waals surface area contributed by atoms with Crippen LogP contribution in [0.3, 0.4) is 0 Å². The van der Waals surface area contributed by atoms with E-state index in [2.05, 4.69) is 5.92 Å². The van der Waals surface area contributed by atoms with Gasteiger partial charge in [-0.25, -0.2) is 0 Å². The number of nitrogens with zero attached hydrogens (tertiary/aromatic N) is 1. The van der Waals surface area contributed by atoms with Gasteiger partial charge in [-0.1, -0.05) is 36.3 Å². The van der Waals surface area contributed by atoms with Gasteiger partial charge in [-0.2, -0.15) is 0 Å². The van der Waals surface area contributed by atoms with E-state index in [-0.39, 0.29) is 6.54 Å². The van der Waals surface area contributed by atoms with Gasteiger partial charge in [0.25, 0.3) is 0 Å². The van der Waals surface area contributed by atoms with Gasteiger partial charge in [0.2, 0.25) is 0 Å². The SMILES string of the molecule is [2H]C#CCN(C)[C@H](C([2H])([2H])[2H])C([2H])([2H])c1ccccc1. The molecule has 0 unspecified atom stereocenters. The van der Waals surface area contributed by atoms with Crippen LogP contribution in [0.1, 0.15) is 20.6 Å². The molecule has 0 amide bonds. The molecule has 0 aliphatic rings. The van der Waals surface area contributed by atoms with Crippen LogP contribution >= 0.6 is 0 Å². The highest BCUT2D eigenvalue weighted by Gasteiger charge is 2.07. The molecule has 1 rings (SSSR count). The third-order valence-electron chi connectivity index (χ3n) is 1.85. The number of hydrogen-bond acceptors (Lipinski definition) is 1.